The Morgan fingerprint density at radius 1 is 0.517 bits per heavy atom. The summed E-state index contributed by atoms with van der Waals surface area (Å²) in [7, 11) is 0. The van der Waals surface area contributed by atoms with Crippen molar-refractivity contribution in [1.29, 1.82) is 0 Å². The van der Waals surface area contributed by atoms with Crippen molar-refractivity contribution in [2.45, 2.75) is 24.4 Å². The van der Waals surface area contributed by atoms with Gasteiger partial charge in [-0.05, 0) is 113 Å². The molecule has 7 aromatic carbocycles. The average molecular weight is 747 g/mol. The second-order valence-electron chi connectivity index (χ2n) is 15.6. The molecule has 3 heterocycles. The molecule has 3 aliphatic rings. The van der Waals surface area contributed by atoms with Gasteiger partial charge in [0.1, 0.15) is 22.3 Å². The van der Waals surface area contributed by atoms with E-state index in [-0.39, 0.29) is 18.0 Å². The zero-order chi connectivity index (χ0) is 38.2. The molecule has 0 saturated carbocycles. The number of rotatable bonds is 6. The summed E-state index contributed by atoms with van der Waals surface area (Å²) in [5.41, 5.74) is 14.5. The van der Waals surface area contributed by atoms with Gasteiger partial charge in [0.25, 0.3) is 0 Å². The van der Waals surface area contributed by atoms with Gasteiger partial charge in [-0.3, -0.25) is 0 Å². The van der Waals surface area contributed by atoms with E-state index in [4.69, 9.17) is 8.83 Å². The fourth-order valence-corrected chi connectivity index (χ4v) is 9.55. The SMILES string of the molecule is C1=CC(N(C2=CC3C(C=C2)c2ccccc2N3c2ccccc2)c2ccc(-c3ccc4c(c3)oc3ccccc34)cc2)CC=C1c1ccc2c(c1)oc1ccccc12. The number of nitrogens with zero attached hydrogens (tertiary/aromatic N) is 2. The van der Waals surface area contributed by atoms with Crippen LogP contribution in [0.5, 0.6) is 0 Å². The Morgan fingerprint density at radius 3 is 1.86 bits per heavy atom. The Hall–Kier alpha value is -7.30. The molecule has 276 valence electrons. The maximum Gasteiger partial charge on any atom is 0.136 e. The minimum atomic E-state index is 0.109. The van der Waals surface area contributed by atoms with Gasteiger partial charge in [0.15, 0.2) is 0 Å². The van der Waals surface area contributed by atoms with E-state index in [0.717, 1.165) is 67.1 Å². The fraction of sp³-hybridized carbons (Fsp3) is 0.0741. The molecule has 1 aliphatic heterocycles. The molecular weight excluding hydrogens is 709 g/mol. The normalized spacial score (nSPS) is 18.5. The van der Waals surface area contributed by atoms with Gasteiger partial charge in [0, 0.05) is 50.2 Å². The molecule has 0 spiro atoms. The molecular formula is C54H38N2O2. The monoisotopic (exact) mass is 746 g/mol. The van der Waals surface area contributed by atoms with Gasteiger partial charge in [-0.2, -0.15) is 0 Å². The molecule has 2 aliphatic carbocycles. The number of fused-ring (bicyclic) bond motifs is 9. The summed E-state index contributed by atoms with van der Waals surface area (Å²) < 4.78 is 12.5. The van der Waals surface area contributed by atoms with E-state index >= 15 is 0 Å². The number of allylic oxidation sites excluding steroid dienone is 3. The van der Waals surface area contributed by atoms with Crippen LogP contribution in [0.15, 0.2) is 215 Å². The third-order valence-electron chi connectivity index (χ3n) is 12.3. The highest BCUT2D eigenvalue weighted by atomic mass is 16.3. The van der Waals surface area contributed by atoms with Crippen LogP contribution in [-0.4, -0.2) is 12.1 Å². The van der Waals surface area contributed by atoms with E-state index in [0.29, 0.717) is 0 Å². The van der Waals surface area contributed by atoms with Crippen LogP contribution in [0.1, 0.15) is 23.5 Å². The van der Waals surface area contributed by atoms with Crippen molar-refractivity contribution >= 4 is 66.5 Å². The second-order valence-corrected chi connectivity index (χ2v) is 15.6. The summed E-state index contributed by atoms with van der Waals surface area (Å²) in [5, 5.41) is 4.60. The molecule has 3 unspecified atom stereocenters. The maximum atomic E-state index is 6.27. The zero-order valence-corrected chi connectivity index (χ0v) is 31.7. The van der Waals surface area contributed by atoms with Crippen molar-refractivity contribution < 1.29 is 8.83 Å². The van der Waals surface area contributed by atoms with E-state index in [1.165, 1.54) is 33.8 Å². The van der Waals surface area contributed by atoms with Gasteiger partial charge in [-0.15, -0.1) is 0 Å². The van der Waals surface area contributed by atoms with Gasteiger partial charge in [0.05, 0.1) is 12.1 Å². The molecule has 0 fully saturated rings. The number of hydrogen-bond donors (Lipinski definition) is 0. The molecule has 3 atom stereocenters. The highest BCUT2D eigenvalue weighted by Gasteiger charge is 2.39. The first kappa shape index (κ1) is 32.9. The minimum absolute atomic E-state index is 0.109. The number of benzene rings is 7. The van der Waals surface area contributed by atoms with Crippen LogP contribution in [-0.2, 0) is 0 Å². The van der Waals surface area contributed by atoms with Gasteiger partial charge < -0.3 is 18.6 Å². The summed E-state index contributed by atoms with van der Waals surface area (Å²) >= 11 is 0. The highest BCUT2D eigenvalue weighted by molar-refractivity contribution is 6.06. The van der Waals surface area contributed by atoms with E-state index in [9.17, 15) is 0 Å². The minimum Gasteiger partial charge on any atom is -0.456 e. The van der Waals surface area contributed by atoms with Crippen molar-refractivity contribution in [3.63, 3.8) is 0 Å². The lowest BCUT2D eigenvalue weighted by Gasteiger charge is -2.37. The Kier molecular flexibility index (Phi) is 7.45. The van der Waals surface area contributed by atoms with Crippen LogP contribution in [0.25, 0.3) is 60.6 Å². The highest BCUT2D eigenvalue weighted by Crippen LogP contribution is 2.49. The molecule has 0 amide bonds. The number of para-hydroxylation sites is 4. The molecule has 0 radical (unpaired) electrons. The predicted octanol–water partition coefficient (Wildman–Crippen LogP) is 14.1. The van der Waals surface area contributed by atoms with Crippen LogP contribution >= 0.6 is 0 Å². The van der Waals surface area contributed by atoms with Crippen LogP contribution in [0.2, 0.25) is 0 Å². The van der Waals surface area contributed by atoms with Gasteiger partial charge in [-0.1, -0.05) is 121 Å². The van der Waals surface area contributed by atoms with Crippen molar-refractivity contribution in [2.75, 3.05) is 9.80 Å². The average Bonchev–Trinajstić information content (AvgIpc) is 3.96. The van der Waals surface area contributed by atoms with Crippen LogP contribution < -0.4 is 9.80 Å². The van der Waals surface area contributed by atoms with Crippen LogP contribution in [0, 0.1) is 0 Å². The standard InChI is InChI=1S/C54H38N2O2/c1-2-10-39(11-3-1)56-49-15-7-4-12-43(49)44-31-28-42(34-50(44)56)55(40-24-18-35(19-25-40)37-22-29-47-45-13-5-8-16-51(45)57-53(47)32-37)41-26-20-36(21-27-41)38-23-30-48-46-14-6-9-17-52(46)58-54(48)33-38/h1-26,28-34,41,44,50H,27H2. The van der Waals surface area contributed by atoms with E-state index in [1.807, 2.05) is 24.3 Å². The molecule has 4 heteroatoms. The van der Waals surface area contributed by atoms with Gasteiger partial charge >= 0.3 is 0 Å². The topological polar surface area (TPSA) is 32.8 Å². The van der Waals surface area contributed by atoms with E-state index < -0.39 is 0 Å². The van der Waals surface area contributed by atoms with E-state index in [2.05, 4.69) is 186 Å². The summed E-state index contributed by atoms with van der Waals surface area (Å²) in [4.78, 5) is 5.04. The molecule has 0 N–H and O–H groups in total. The smallest absolute Gasteiger partial charge is 0.136 e. The molecule has 0 bridgehead atoms. The third-order valence-corrected chi connectivity index (χ3v) is 12.3. The molecule has 2 aromatic heterocycles. The summed E-state index contributed by atoms with van der Waals surface area (Å²) in [6, 6.07) is 58.7. The number of hydrogen-bond acceptors (Lipinski definition) is 4. The lowest BCUT2D eigenvalue weighted by Crippen LogP contribution is -2.37. The van der Waals surface area contributed by atoms with Crippen LogP contribution in [0.3, 0.4) is 0 Å². The van der Waals surface area contributed by atoms with Crippen molar-refractivity contribution in [3.05, 3.63) is 217 Å². The number of furan rings is 2. The molecule has 0 saturated heterocycles. The zero-order valence-electron chi connectivity index (χ0n) is 31.7. The largest absolute Gasteiger partial charge is 0.456 e. The quantitative estimate of drug-likeness (QED) is 0.170. The first-order chi connectivity index (χ1) is 28.7. The van der Waals surface area contributed by atoms with Gasteiger partial charge in [0.2, 0.25) is 0 Å². The first-order valence-corrected chi connectivity index (χ1v) is 20.2. The Morgan fingerprint density at radius 2 is 1.14 bits per heavy atom. The van der Waals surface area contributed by atoms with Crippen molar-refractivity contribution in [1.82, 2.24) is 0 Å². The number of anilines is 3. The second kappa shape index (κ2) is 13.1. The Labute approximate surface area is 336 Å². The lowest BCUT2D eigenvalue weighted by atomic mass is 9.89. The third kappa shape index (κ3) is 5.29. The molecule has 58 heavy (non-hydrogen) atoms. The molecule has 9 aromatic rings. The molecule has 12 rings (SSSR count). The van der Waals surface area contributed by atoms with E-state index in [1.54, 1.807) is 0 Å². The van der Waals surface area contributed by atoms with Crippen molar-refractivity contribution in [3.8, 4) is 11.1 Å². The summed E-state index contributed by atoms with van der Waals surface area (Å²) in [5.74, 6) is 0.263. The molecule has 4 nitrogen and oxygen atoms in total. The fourth-order valence-electron chi connectivity index (χ4n) is 9.55. The Bertz CT molecular complexity index is 3180. The Balaban J connectivity index is 0.916. The maximum absolute atomic E-state index is 6.27. The predicted molar refractivity (Wildman–Crippen MR) is 240 cm³/mol. The summed E-state index contributed by atoms with van der Waals surface area (Å²) in [6.45, 7) is 0. The van der Waals surface area contributed by atoms with Crippen LogP contribution in [0.4, 0.5) is 17.1 Å². The lowest BCUT2D eigenvalue weighted by molar-refractivity contribution is 0.668. The summed E-state index contributed by atoms with van der Waals surface area (Å²) in [6.07, 6.45) is 15.2. The van der Waals surface area contributed by atoms with Gasteiger partial charge in [-0.25, -0.2) is 0 Å². The van der Waals surface area contributed by atoms with Crippen molar-refractivity contribution in [2.24, 2.45) is 0 Å². The first-order valence-electron chi connectivity index (χ1n) is 20.2.